The van der Waals surface area contributed by atoms with Crippen molar-refractivity contribution in [1.29, 1.82) is 0 Å². The van der Waals surface area contributed by atoms with E-state index in [2.05, 4.69) is 50.0 Å². The summed E-state index contributed by atoms with van der Waals surface area (Å²) < 4.78 is 18.5. The molecule has 0 aliphatic carbocycles. The highest BCUT2D eigenvalue weighted by Gasteiger charge is 2.50. The fourth-order valence-electron chi connectivity index (χ4n) is 5.22. The van der Waals surface area contributed by atoms with Crippen LogP contribution in [-0.2, 0) is 13.9 Å². The number of hydrogen-bond acceptors (Lipinski definition) is 7. The molecule has 0 saturated carbocycles. The monoisotopic (exact) mass is 566 g/mol. The van der Waals surface area contributed by atoms with Crippen molar-refractivity contribution in [3.05, 3.63) is 71.9 Å². The number of halogens is 1. The summed E-state index contributed by atoms with van der Waals surface area (Å²) in [6, 6.07) is 21.9. The average Bonchev–Trinajstić information content (AvgIpc) is 3.22. The van der Waals surface area contributed by atoms with Gasteiger partial charge in [0.1, 0.15) is 23.1 Å². The van der Waals surface area contributed by atoms with Gasteiger partial charge in [0.05, 0.1) is 19.3 Å². The zero-order valence-electron chi connectivity index (χ0n) is 22.8. The van der Waals surface area contributed by atoms with Gasteiger partial charge in [0.2, 0.25) is 15.0 Å². The molecule has 2 aromatic carbocycles. The van der Waals surface area contributed by atoms with E-state index in [1.54, 1.807) is 11.0 Å². The number of ether oxygens (including phenoxy) is 2. The molecule has 2 saturated heterocycles. The largest absolute Gasteiger partial charge is 0.444 e. The van der Waals surface area contributed by atoms with Gasteiger partial charge in [0.25, 0.3) is 0 Å². The Balaban J connectivity index is 1.55. The highest BCUT2D eigenvalue weighted by atomic mass is 35.5. The van der Waals surface area contributed by atoms with E-state index in [1.165, 1.54) is 10.4 Å². The summed E-state index contributed by atoms with van der Waals surface area (Å²) in [6.07, 6.45) is -1.26. The number of benzene rings is 2. The van der Waals surface area contributed by atoms with Crippen LogP contribution in [0.3, 0.4) is 0 Å². The summed E-state index contributed by atoms with van der Waals surface area (Å²) in [7, 11) is -2.15. The summed E-state index contributed by atoms with van der Waals surface area (Å²) >= 11 is 6.48. The number of amides is 1. The van der Waals surface area contributed by atoms with Crippen molar-refractivity contribution in [3.8, 4) is 0 Å². The second-order valence-electron chi connectivity index (χ2n) is 11.0. The number of rotatable bonds is 7. The molecule has 2 aliphatic rings. The Morgan fingerprint density at radius 3 is 2.15 bits per heavy atom. The summed E-state index contributed by atoms with van der Waals surface area (Å²) in [5.41, 5.74) is -0.330. The highest BCUT2D eigenvalue weighted by Crippen LogP contribution is 2.37. The van der Waals surface area contributed by atoms with Crippen molar-refractivity contribution in [3.63, 3.8) is 0 Å². The molecule has 0 radical (unpaired) electrons. The number of aromatic nitrogens is 2. The minimum Gasteiger partial charge on any atom is -0.444 e. The van der Waals surface area contributed by atoms with Crippen LogP contribution in [0.15, 0.2) is 66.7 Å². The molecule has 0 spiro atoms. The van der Waals surface area contributed by atoms with E-state index < -0.39 is 27.3 Å². The van der Waals surface area contributed by atoms with Crippen LogP contribution >= 0.6 is 11.6 Å². The van der Waals surface area contributed by atoms with Crippen molar-refractivity contribution >= 4 is 48.9 Å². The second-order valence-corrected chi connectivity index (χ2v) is 13.8. The predicted octanol–water partition coefficient (Wildman–Crippen LogP) is 3.65. The molecule has 2 aliphatic heterocycles. The molecule has 1 amide bonds. The van der Waals surface area contributed by atoms with Crippen LogP contribution in [0.4, 0.5) is 16.6 Å². The maximum Gasteiger partial charge on any atom is 0.416 e. The van der Waals surface area contributed by atoms with E-state index in [4.69, 9.17) is 30.5 Å². The van der Waals surface area contributed by atoms with E-state index in [0.29, 0.717) is 38.1 Å². The van der Waals surface area contributed by atoms with Crippen LogP contribution in [0.2, 0.25) is 5.15 Å². The van der Waals surface area contributed by atoms with Gasteiger partial charge in [0.15, 0.2) is 0 Å². The SMILES string of the molecule is C[C@@H]1OC(=O)N(c2cc(Cl)nc(N3CCOCC3)n2)[C@@H]1C(O[SiH](c1ccccc1)c1ccccc1)C(C)(C)C. The molecule has 3 heterocycles. The first-order valence-corrected chi connectivity index (χ1v) is 15.4. The van der Waals surface area contributed by atoms with Gasteiger partial charge in [-0.1, -0.05) is 93.0 Å². The Bertz CT molecular complexity index is 1230. The van der Waals surface area contributed by atoms with Gasteiger partial charge in [-0.05, 0) is 22.7 Å². The minimum atomic E-state index is -2.15. The molecule has 8 nitrogen and oxygen atoms in total. The summed E-state index contributed by atoms with van der Waals surface area (Å²) in [4.78, 5) is 26.2. The number of hydrogen-bond donors (Lipinski definition) is 0. The third-order valence-electron chi connectivity index (χ3n) is 7.12. The van der Waals surface area contributed by atoms with Crippen LogP contribution in [0.1, 0.15) is 27.7 Å². The number of cyclic esters (lactones) is 1. The van der Waals surface area contributed by atoms with E-state index in [9.17, 15) is 4.79 Å². The number of morpholine rings is 1. The lowest BCUT2D eigenvalue weighted by atomic mass is 9.82. The predicted molar refractivity (Wildman–Crippen MR) is 156 cm³/mol. The van der Waals surface area contributed by atoms with E-state index in [-0.39, 0.29) is 16.7 Å². The van der Waals surface area contributed by atoms with Gasteiger partial charge < -0.3 is 18.8 Å². The first-order valence-electron chi connectivity index (χ1n) is 13.3. The molecule has 5 rings (SSSR count). The Labute approximate surface area is 236 Å². The van der Waals surface area contributed by atoms with Gasteiger partial charge in [-0.25, -0.2) is 9.78 Å². The molecular weight excluding hydrogens is 532 g/mol. The Hall–Kier alpha value is -2.98. The third kappa shape index (κ3) is 6.11. The third-order valence-corrected chi connectivity index (χ3v) is 9.86. The van der Waals surface area contributed by atoms with Crippen molar-refractivity contribution in [2.45, 2.75) is 45.9 Å². The van der Waals surface area contributed by atoms with Crippen LogP contribution in [0.5, 0.6) is 0 Å². The number of nitrogens with zero attached hydrogens (tertiary/aromatic N) is 4. The molecular formula is C29H35ClN4O4Si. The quantitative estimate of drug-likeness (QED) is 0.319. The van der Waals surface area contributed by atoms with Crippen molar-refractivity contribution in [2.75, 3.05) is 36.1 Å². The van der Waals surface area contributed by atoms with Gasteiger partial charge in [-0.15, -0.1) is 0 Å². The second kappa shape index (κ2) is 11.6. The van der Waals surface area contributed by atoms with Crippen LogP contribution in [-0.4, -0.2) is 69.7 Å². The van der Waals surface area contributed by atoms with Crippen molar-refractivity contribution < 1.29 is 18.7 Å². The van der Waals surface area contributed by atoms with E-state index >= 15 is 0 Å². The lowest BCUT2D eigenvalue weighted by molar-refractivity contribution is 0.0379. The fraction of sp³-hybridized carbons (Fsp3) is 0.414. The molecule has 10 heteroatoms. The normalized spacial score (nSPS) is 20.8. The van der Waals surface area contributed by atoms with E-state index in [1.807, 2.05) is 48.2 Å². The number of carbonyl (C=O) groups excluding carboxylic acids is 1. The maximum absolute atomic E-state index is 13.4. The standard InChI is InChI=1S/C29H35ClN4O4Si/c1-20-25(34(28(35)37-20)24-19-23(30)31-27(32-24)33-15-17-36-18-16-33)26(29(2,3)4)38-39(21-11-7-5-8-12-21)22-13-9-6-10-14-22/h5-14,19-20,25-26,39H,15-18H2,1-4H3/t20-,25-,26?/m0/s1. The van der Waals surface area contributed by atoms with Crippen molar-refractivity contribution in [1.82, 2.24) is 9.97 Å². The first kappa shape index (κ1) is 27.6. The van der Waals surface area contributed by atoms with Gasteiger partial charge in [0, 0.05) is 19.2 Å². The van der Waals surface area contributed by atoms with Crippen LogP contribution < -0.4 is 20.2 Å². The molecule has 3 atom stereocenters. The summed E-state index contributed by atoms with van der Waals surface area (Å²) in [5, 5.41) is 2.60. The Kier molecular flexibility index (Phi) is 8.23. The Morgan fingerprint density at radius 1 is 1.00 bits per heavy atom. The van der Waals surface area contributed by atoms with Crippen molar-refractivity contribution in [2.24, 2.45) is 5.41 Å². The molecule has 1 unspecified atom stereocenters. The van der Waals surface area contributed by atoms with Gasteiger partial charge >= 0.3 is 6.09 Å². The first-order chi connectivity index (χ1) is 18.7. The topological polar surface area (TPSA) is 77.0 Å². The fourth-order valence-corrected chi connectivity index (χ4v) is 8.09. The Morgan fingerprint density at radius 2 is 1.59 bits per heavy atom. The van der Waals surface area contributed by atoms with E-state index in [0.717, 1.165) is 0 Å². The van der Waals surface area contributed by atoms with Crippen LogP contribution in [0, 0.1) is 5.41 Å². The molecule has 1 aromatic heterocycles. The molecule has 2 fully saturated rings. The summed E-state index contributed by atoms with van der Waals surface area (Å²) in [6.45, 7) is 10.8. The lowest BCUT2D eigenvalue weighted by Crippen LogP contribution is -2.58. The zero-order chi connectivity index (χ0) is 27.6. The molecule has 0 bridgehead atoms. The minimum absolute atomic E-state index is 0.265. The molecule has 39 heavy (non-hydrogen) atoms. The smallest absolute Gasteiger partial charge is 0.416 e. The maximum atomic E-state index is 13.4. The molecule has 3 aromatic rings. The summed E-state index contributed by atoms with van der Waals surface area (Å²) in [5.74, 6) is 0.882. The van der Waals surface area contributed by atoms with Crippen LogP contribution in [0.25, 0.3) is 0 Å². The number of anilines is 2. The highest BCUT2D eigenvalue weighted by molar-refractivity contribution is 6.80. The molecule has 206 valence electrons. The number of carbonyl (C=O) groups is 1. The zero-order valence-corrected chi connectivity index (χ0v) is 24.7. The van der Waals surface area contributed by atoms with Gasteiger partial charge in [-0.3, -0.25) is 4.90 Å². The van der Waals surface area contributed by atoms with Gasteiger partial charge in [-0.2, -0.15) is 4.98 Å². The molecule has 0 N–H and O–H groups in total. The lowest BCUT2D eigenvalue weighted by Gasteiger charge is -2.41. The average molecular weight is 567 g/mol.